The predicted octanol–water partition coefficient (Wildman–Crippen LogP) is 2.69. The van der Waals surface area contributed by atoms with E-state index >= 15 is 0 Å². The summed E-state index contributed by atoms with van der Waals surface area (Å²) < 4.78 is 5.29. The number of carboxylic acids is 2. The maximum atomic E-state index is 9.55. The fourth-order valence-electron chi connectivity index (χ4n) is 3.00. The molecule has 1 aliphatic heterocycles. The average Bonchev–Trinajstić information content (AvgIpc) is 2.92. The molecular weight excluding hydrogens is 358 g/mol. The number of fused-ring (bicyclic) bond motifs is 1. The summed E-state index contributed by atoms with van der Waals surface area (Å²) in [5.41, 5.74) is 5.70. The van der Waals surface area contributed by atoms with Crippen molar-refractivity contribution in [3.05, 3.63) is 76.9 Å². The summed E-state index contributed by atoms with van der Waals surface area (Å²) in [6.45, 7) is 2.19. The minimum Gasteiger partial charge on any atom is -0.497 e. The number of aliphatic carboxylic acids is 2. The van der Waals surface area contributed by atoms with Crippen LogP contribution in [0, 0.1) is 0 Å². The molecular formula is C22H25NO5. The van der Waals surface area contributed by atoms with Gasteiger partial charge < -0.3 is 20.3 Å². The number of hydrogen-bond acceptors (Lipinski definition) is 4. The van der Waals surface area contributed by atoms with Gasteiger partial charge in [-0.15, -0.1) is 0 Å². The van der Waals surface area contributed by atoms with Gasteiger partial charge in [-0.1, -0.05) is 30.3 Å². The molecule has 3 N–H and O–H groups in total. The zero-order chi connectivity index (χ0) is 20.4. The van der Waals surface area contributed by atoms with E-state index in [9.17, 15) is 9.59 Å². The Balaban J connectivity index is 0.000000300. The molecule has 0 atom stereocenters. The molecule has 0 bridgehead atoms. The largest absolute Gasteiger partial charge is 0.497 e. The Hall–Kier alpha value is -3.12. The van der Waals surface area contributed by atoms with Crippen LogP contribution in [0.2, 0.25) is 0 Å². The third kappa shape index (κ3) is 7.25. The van der Waals surface area contributed by atoms with Crippen molar-refractivity contribution < 1.29 is 24.5 Å². The van der Waals surface area contributed by atoms with E-state index in [0.717, 1.165) is 38.1 Å². The molecule has 0 unspecified atom stereocenters. The zero-order valence-electron chi connectivity index (χ0n) is 15.9. The molecule has 0 saturated carbocycles. The molecule has 2 aromatic rings. The first-order valence-electron chi connectivity index (χ1n) is 9.06. The van der Waals surface area contributed by atoms with Crippen molar-refractivity contribution in [1.29, 1.82) is 0 Å². The van der Waals surface area contributed by atoms with E-state index in [2.05, 4.69) is 41.7 Å². The van der Waals surface area contributed by atoms with Gasteiger partial charge in [0.15, 0.2) is 0 Å². The lowest BCUT2D eigenvalue weighted by molar-refractivity contribution is -0.134. The number of methoxy groups -OCH3 is 1. The van der Waals surface area contributed by atoms with E-state index in [4.69, 9.17) is 14.9 Å². The average molecular weight is 383 g/mol. The first kappa shape index (κ1) is 21.2. The Kier molecular flexibility index (Phi) is 8.24. The Morgan fingerprint density at radius 1 is 0.964 bits per heavy atom. The van der Waals surface area contributed by atoms with Gasteiger partial charge in [0.1, 0.15) is 5.75 Å². The van der Waals surface area contributed by atoms with Crippen molar-refractivity contribution in [2.45, 2.75) is 19.3 Å². The fourth-order valence-corrected chi connectivity index (χ4v) is 3.00. The molecule has 0 saturated heterocycles. The van der Waals surface area contributed by atoms with Crippen molar-refractivity contribution in [2.75, 3.05) is 20.2 Å². The van der Waals surface area contributed by atoms with E-state index in [0.29, 0.717) is 12.2 Å². The normalized spacial score (nSPS) is 13.0. The second-order valence-corrected chi connectivity index (χ2v) is 6.39. The second-order valence-electron chi connectivity index (χ2n) is 6.39. The number of rotatable bonds is 5. The Morgan fingerprint density at radius 2 is 1.61 bits per heavy atom. The first-order valence-corrected chi connectivity index (χ1v) is 9.06. The Labute approximate surface area is 164 Å². The lowest BCUT2D eigenvalue weighted by Crippen LogP contribution is -2.16. The maximum Gasteiger partial charge on any atom is 0.328 e. The highest BCUT2D eigenvalue weighted by molar-refractivity contribution is 5.89. The van der Waals surface area contributed by atoms with Crippen molar-refractivity contribution in [1.82, 2.24) is 5.32 Å². The van der Waals surface area contributed by atoms with Crippen LogP contribution in [0.4, 0.5) is 0 Å². The monoisotopic (exact) mass is 383 g/mol. The lowest BCUT2D eigenvalue weighted by Gasteiger charge is -2.09. The molecule has 28 heavy (non-hydrogen) atoms. The van der Waals surface area contributed by atoms with Gasteiger partial charge in [0.2, 0.25) is 0 Å². The van der Waals surface area contributed by atoms with Crippen LogP contribution in [-0.4, -0.2) is 42.4 Å². The van der Waals surface area contributed by atoms with Crippen molar-refractivity contribution >= 4 is 11.9 Å². The first-order chi connectivity index (χ1) is 13.5. The molecule has 3 rings (SSSR count). The van der Waals surface area contributed by atoms with Crippen LogP contribution in [0.5, 0.6) is 5.75 Å². The van der Waals surface area contributed by atoms with Gasteiger partial charge in [-0.05, 0) is 66.7 Å². The summed E-state index contributed by atoms with van der Waals surface area (Å²) >= 11 is 0. The molecule has 6 nitrogen and oxygen atoms in total. The van der Waals surface area contributed by atoms with Gasteiger partial charge in [-0.2, -0.15) is 0 Å². The van der Waals surface area contributed by atoms with Crippen LogP contribution in [-0.2, 0) is 28.9 Å². The van der Waals surface area contributed by atoms with E-state index in [1.165, 1.54) is 22.3 Å². The molecule has 0 amide bonds. The lowest BCUT2D eigenvalue weighted by atomic mass is 9.97. The SMILES string of the molecule is COc1cccc(Cc2ccc3c(c2)CCNCC3)c1.O=C(O)C=CC(=O)O. The van der Waals surface area contributed by atoms with Crippen LogP contribution in [0.25, 0.3) is 0 Å². The Morgan fingerprint density at radius 3 is 2.25 bits per heavy atom. The Bertz CT molecular complexity index is 829. The molecule has 1 aliphatic rings. The molecule has 0 fully saturated rings. The van der Waals surface area contributed by atoms with Gasteiger partial charge in [-0.3, -0.25) is 0 Å². The summed E-state index contributed by atoms with van der Waals surface area (Å²) in [6, 6.07) is 15.3. The van der Waals surface area contributed by atoms with Crippen LogP contribution in [0.1, 0.15) is 22.3 Å². The highest BCUT2D eigenvalue weighted by atomic mass is 16.5. The second kappa shape index (κ2) is 10.9. The molecule has 1 heterocycles. The fraction of sp³-hybridized carbons (Fsp3) is 0.273. The van der Waals surface area contributed by atoms with E-state index in [1.54, 1.807) is 7.11 Å². The molecule has 6 heteroatoms. The van der Waals surface area contributed by atoms with E-state index in [-0.39, 0.29) is 0 Å². The van der Waals surface area contributed by atoms with Gasteiger partial charge in [-0.25, -0.2) is 9.59 Å². The van der Waals surface area contributed by atoms with Crippen LogP contribution in [0.15, 0.2) is 54.6 Å². The summed E-state index contributed by atoms with van der Waals surface area (Å²) in [4.78, 5) is 19.1. The summed E-state index contributed by atoms with van der Waals surface area (Å²) in [5.74, 6) is -1.58. The van der Waals surface area contributed by atoms with Crippen molar-refractivity contribution in [3.63, 3.8) is 0 Å². The number of nitrogens with one attached hydrogen (secondary N) is 1. The number of ether oxygens (including phenoxy) is 1. The molecule has 0 spiro atoms. The van der Waals surface area contributed by atoms with Crippen molar-refractivity contribution in [3.8, 4) is 5.75 Å². The quantitative estimate of drug-likeness (QED) is 0.687. The minimum atomic E-state index is -1.26. The predicted molar refractivity (Wildman–Crippen MR) is 107 cm³/mol. The minimum absolute atomic E-state index is 0.558. The molecule has 148 valence electrons. The number of benzene rings is 2. The van der Waals surface area contributed by atoms with Crippen LogP contribution in [0.3, 0.4) is 0 Å². The molecule has 2 aromatic carbocycles. The summed E-state index contributed by atoms with van der Waals surface area (Å²) in [5, 5.41) is 19.1. The van der Waals surface area contributed by atoms with Gasteiger partial charge in [0.25, 0.3) is 0 Å². The maximum absolute atomic E-state index is 9.55. The highest BCUT2D eigenvalue weighted by Crippen LogP contribution is 2.20. The number of carbonyl (C=O) groups is 2. The zero-order valence-corrected chi connectivity index (χ0v) is 15.9. The molecule has 0 aromatic heterocycles. The third-order valence-corrected chi connectivity index (χ3v) is 4.32. The van der Waals surface area contributed by atoms with Crippen molar-refractivity contribution in [2.24, 2.45) is 0 Å². The van der Waals surface area contributed by atoms with Gasteiger partial charge in [0.05, 0.1) is 7.11 Å². The van der Waals surface area contributed by atoms with Crippen LogP contribution < -0.4 is 10.1 Å². The number of carboxylic acid groups (broad SMARTS) is 2. The topological polar surface area (TPSA) is 95.9 Å². The molecule has 0 radical (unpaired) electrons. The van der Waals surface area contributed by atoms with Crippen LogP contribution >= 0.6 is 0 Å². The number of hydrogen-bond donors (Lipinski definition) is 3. The molecule has 0 aliphatic carbocycles. The van der Waals surface area contributed by atoms with Gasteiger partial charge >= 0.3 is 11.9 Å². The standard InChI is InChI=1S/C18H21NO.C4H4O4/c1-20-18-4-2-3-14(13-18)11-15-5-6-16-7-9-19-10-8-17(16)12-15;5-3(6)1-2-4(7)8/h2-6,12-13,19H,7-11H2,1H3;1-2H,(H,5,6)(H,7,8). The van der Waals surface area contributed by atoms with E-state index < -0.39 is 11.9 Å². The third-order valence-electron chi connectivity index (χ3n) is 4.32. The highest BCUT2D eigenvalue weighted by Gasteiger charge is 2.08. The van der Waals surface area contributed by atoms with Gasteiger partial charge in [0, 0.05) is 12.2 Å². The van der Waals surface area contributed by atoms with E-state index in [1.807, 2.05) is 6.07 Å². The smallest absolute Gasteiger partial charge is 0.328 e. The summed E-state index contributed by atoms with van der Waals surface area (Å²) in [6.07, 6.45) is 4.37. The summed E-state index contributed by atoms with van der Waals surface area (Å²) in [7, 11) is 1.72.